The summed E-state index contributed by atoms with van der Waals surface area (Å²) in [5.41, 5.74) is 19.2. The van der Waals surface area contributed by atoms with Gasteiger partial charge in [0, 0.05) is 38.6 Å². The molecule has 0 amide bonds. The van der Waals surface area contributed by atoms with E-state index in [2.05, 4.69) is 242 Å². The Morgan fingerprint density at radius 1 is 0.373 bits per heavy atom. The smallest absolute Gasteiger partial charge is 0.0618 e. The Morgan fingerprint density at radius 3 is 1.56 bits per heavy atom. The quantitative estimate of drug-likeness (QED) is 0.157. The molecule has 2 heteroatoms. The molecule has 0 spiro atoms. The number of rotatable bonds is 7. The molecule has 9 aromatic carbocycles. The van der Waals surface area contributed by atoms with Crippen LogP contribution in [0, 0.1) is 0 Å². The summed E-state index contributed by atoms with van der Waals surface area (Å²) in [6.45, 7) is 4.74. The van der Waals surface area contributed by atoms with Gasteiger partial charge in [-0.3, -0.25) is 0 Å². The SMILES string of the molecule is CC1(C)c2ccccc2-c2ccc(N(c3ccccc3-c3ccccc3)c3cccc4c3c3ccccc3n4-c3c(-c4ccccc4)cccc3-c3ccccc3)cc21. The van der Waals surface area contributed by atoms with E-state index in [0.717, 1.165) is 28.1 Å². The largest absolute Gasteiger partial charge is 0.309 e. The minimum Gasteiger partial charge on any atom is -0.309 e. The highest BCUT2D eigenvalue weighted by Gasteiger charge is 2.36. The molecule has 280 valence electrons. The van der Waals surface area contributed by atoms with Crippen molar-refractivity contribution < 1.29 is 0 Å². The molecule has 0 aliphatic heterocycles. The van der Waals surface area contributed by atoms with Crippen molar-refractivity contribution >= 4 is 38.9 Å². The van der Waals surface area contributed by atoms with Crippen molar-refractivity contribution in [3.8, 4) is 50.2 Å². The van der Waals surface area contributed by atoms with Crippen LogP contribution in [0.5, 0.6) is 0 Å². The Balaban J connectivity index is 1.24. The maximum atomic E-state index is 2.52. The highest BCUT2D eigenvalue weighted by Crippen LogP contribution is 2.53. The Labute approximate surface area is 345 Å². The average Bonchev–Trinajstić information content (AvgIpc) is 3.75. The molecule has 11 rings (SSSR count). The summed E-state index contributed by atoms with van der Waals surface area (Å²) in [4.78, 5) is 2.52. The molecular formula is C57H42N2. The first-order valence-electron chi connectivity index (χ1n) is 20.5. The lowest BCUT2D eigenvalue weighted by molar-refractivity contribution is 0.660. The fourth-order valence-corrected chi connectivity index (χ4v) is 9.68. The van der Waals surface area contributed by atoms with Crippen molar-refractivity contribution in [3.63, 3.8) is 0 Å². The summed E-state index contributed by atoms with van der Waals surface area (Å²) in [5, 5.41) is 2.41. The first-order valence-corrected chi connectivity index (χ1v) is 20.5. The Hall–Kier alpha value is -7.42. The number of anilines is 3. The van der Waals surface area contributed by atoms with E-state index >= 15 is 0 Å². The van der Waals surface area contributed by atoms with Gasteiger partial charge in [0.25, 0.3) is 0 Å². The normalized spacial score (nSPS) is 12.7. The lowest BCUT2D eigenvalue weighted by Gasteiger charge is -2.30. The topological polar surface area (TPSA) is 8.17 Å². The zero-order chi connectivity index (χ0) is 39.5. The molecule has 1 aliphatic carbocycles. The van der Waals surface area contributed by atoms with E-state index in [0.29, 0.717) is 0 Å². The monoisotopic (exact) mass is 754 g/mol. The van der Waals surface area contributed by atoms with E-state index in [1.54, 1.807) is 0 Å². The second-order valence-electron chi connectivity index (χ2n) is 16.1. The molecule has 1 aliphatic rings. The van der Waals surface area contributed by atoms with Crippen molar-refractivity contribution in [1.29, 1.82) is 0 Å². The van der Waals surface area contributed by atoms with E-state index in [1.165, 1.54) is 72.1 Å². The van der Waals surface area contributed by atoms with Gasteiger partial charge in [-0.2, -0.15) is 0 Å². The molecular weight excluding hydrogens is 713 g/mol. The fraction of sp³-hybridized carbons (Fsp3) is 0.0526. The summed E-state index contributed by atoms with van der Waals surface area (Å²) in [5.74, 6) is 0. The number of nitrogens with zero attached hydrogens (tertiary/aromatic N) is 2. The van der Waals surface area contributed by atoms with Gasteiger partial charge in [-0.25, -0.2) is 0 Å². The van der Waals surface area contributed by atoms with Gasteiger partial charge in [0.2, 0.25) is 0 Å². The van der Waals surface area contributed by atoms with Crippen LogP contribution in [0.15, 0.2) is 218 Å². The Kier molecular flexibility index (Phi) is 8.20. The van der Waals surface area contributed by atoms with Gasteiger partial charge in [0.1, 0.15) is 0 Å². The van der Waals surface area contributed by atoms with Crippen LogP contribution in [-0.2, 0) is 5.41 Å². The van der Waals surface area contributed by atoms with Crippen LogP contribution in [-0.4, -0.2) is 4.57 Å². The molecule has 0 bridgehead atoms. The summed E-state index contributed by atoms with van der Waals surface area (Å²) in [6.07, 6.45) is 0. The van der Waals surface area contributed by atoms with Crippen LogP contribution >= 0.6 is 0 Å². The van der Waals surface area contributed by atoms with E-state index in [9.17, 15) is 0 Å². The lowest BCUT2D eigenvalue weighted by atomic mass is 9.82. The van der Waals surface area contributed by atoms with E-state index < -0.39 is 0 Å². The lowest BCUT2D eigenvalue weighted by Crippen LogP contribution is -2.17. The first-order chi connectivity index (χ1) is 29.1. The molecule has 0 N–H and O–H groups in total. The second kappa shape index (κ2) is 13.9. The maximum Gasteiger partial charge on any atom is 0.0618 e. The molecule has 0 saturated heterocycles. The summed E-state index contributed by atoms with van der Waals surface area (Å²) in [7, 11) is 0. The van der Waals surface area contributed by atoms with Gasteiger partial charge >= 0.3 is 0 Å². The zero-order valence-corrected chi connectivity index (χ0v) is 33.2. The number of hydrogen-bond acceptors (Lipinski definition) is 1. The molecule has 2 nitrogen and oxygen atoms in total. The van der Waals surface area contributed by atoms with Crippen LogP contribution in [0.2, 0.25) is 0 Å². The first kappa shape index (κ1) is 34.8. The van der Waals surface area contributed by atoms with Crippen LogP contribution < -0.4 is 4.90 Å². The predicted octanol–water partition coefficient (Wildman–Crippen LogP) is 15.6. The van der Waals surface area contributed by atoms with Crippen LogP contribution in [0.4, 0.5) is 17.1 Å². The van der Waals surface area contributed by atoms with Gasteiger partial charge in [-0.15, -0.1) is 0 Å². The zero-order valence-electron chi connectivity index (χ0n) is 33.2. The van der Waals surface area contributed by atoms with Gasteiger partial charge in [-0.1, -0.05) is 196 Å². The summed E-state index contributed by atoms with van der Waals surface area (Å²) in [6, 6.07) is 79.9. The van der Waals surface area contributed by atoms with Crippen LogP contribution in [0.3, 0.4) is 0 Å². The predicted molar refractivity (Wildman–Crippen MR) is 249 cm³/mol. The Bertz CT molecular complexity index is 3120. The fourth-order valence-electron chi connectivity index (χ4n) is 9.68. The average molecular weight is 755 g/mol. The number of aromatic nitrogens is 1. The molecule has 1 aromatic heterocycles. The number of fused-ring (bicyclic) bond motifs is 6. The van der Waals surface area contributed by atoms with Crippen LogP contribution in [0.1, 0.15) is 25.0 Å². The molecule has 10 aromatic rings. The molecule has 0 radical (unpaired) electrons. The van der Waals surface area contributed by atoms with Gasteiger partial charge in [-0.05, 0) is 75.3 Å². The van der Waals surface area contributed by atoms with Crippen molar-refractivity contribution in [3.05, 3.63) is 230 Å². The molecule has 59 heavy (non-hydrogen) atoms. The third-order valence-electron chi connectivity index (χ3n) is 12.4. The second-order valence-corrected chi connectivity index (χ2v) is 16.1. The van der Waals surface area contributed by atoms with Crippen molar-refractivity contribution in [2.75, 3.05) is 4.90 Å². The van der Waals surface area contributed by atoms with Gasteiger partial charge in [0.05, 0.1) is 28.1 Å². The molecule has 0 fully saturated rings. The molecule has 0 saturated carbocycles. The van der Waals surface area contributed by atoms with E-state index in [4.69, 9.17) is 0 Å². The third kappa shape index (κ3) is 5.56. The highest BCUT2D eigenvalue weighted by molar-refractivity contribution is 6.17. The summed E-state index contributed by atoms with van der Waals surface area (Å²) < 4.78 is 2.52. The molecule has 1 heterocycles. The van der Waals surface area contributed by atoms with Crippen molar-refractivity contribution in [2.45, 2.75) is 19.3 Å². The van der Waals surface area contributed by atoms with E-state index in [1.807, 2.05) is 0 Å². The van der Waals surface area contributed by atoms with Gasteiger partial charge < -0.3 is 9.47 Å². The van der Waals surface area contributed by atoms with Gasteiger partial charge in [0.15, 0.2) is 0 Å². The minimum absolute atomic E-state index is 0.149. The van der Waals surface area contributed by atoms with Crippen molar-refractivity contribution in [1.82, 2.24) is 4.57 Å². The van der Waals surface area contributed by atoms with Crippen LogP contribution in [0.25, 0.3) is 72.0 Å². The van der Waals surface area contributed by atoms with E-state index in [-0.39, 0.29) is 5.41 Å². The molecule has 0 atom stereocenters. The Morgan fingerprint density at radius 2 is 0.864 bits per heavy atom. The number of para-hydroxylation sites is 3. The number of benzene rings is 9. The molecule has 0 unspecified atom stereocenters. The number of hydrogen-bond donors (Lipinski definition) is 0. The maximum absolute atomic E-state index is 2.52. The summed E-state index contributed by atoms with van der Waals surface area (Å²) >= 11 is 0. The minimum atomic E-state index is -0.149. The highest BCUT2D eigenvalue weighted by atomic mass is 15.2. The third-order valence-corrected chi connectivity index (χ3v) is 12.4. The standard InChI is InChI=1S/C57H42N2/c1-57(2)49-31-15-12-27-46(49)47-37-36-42(38-50(47)57)58(51-32-16-13-26-43(51)39-20-6-3-7-21-39)53-34-19-35-54-55(53)48-28-14-17-33-52(48)59(54)56-44(40-22-8-4-9-23-40)29-18-30-45(56)41-24-10-5-11-25-41/h3-38H,1-2H3. The van der Waals surface area contributed by atoms with Crippen molar-refractivity contribution in [2.24, 2.45) is 0 Å².